The van der Waals surface area contributed by atoms with Crippen molar-refractivity contribution >= 4 is 0 Å². The molecule has 1 unspecified atom stereocenters. The summed E-state index contributed by atoms with van der Waals surface area (Å²) in [7, 11) is 1.70. The van der Waals surface area contributed by atoms with Crippen LogP contribution in [-0.4, -0.2) is 31.3 Å². The summed E-state index contributed by atoms with van der Waals surface area (Å²) < 4.78 is 10.8. The van der Waals surface area contributed by atoms with Crippen LogP contribution < -0.4 is 10.1 Å². The van der Waals surface area contributed by atoms with Crippen molar-refractivity contribution in [1.82, 2.24) is 10.3 Å². The Labute approximate surface area is 114 Å². The van der Waals surface area contributed by atoms with Gasteiger partial charge in [-0.2, -0.15) is 0 Å². The van der Waals surface area contributed by atoms with Crippen LogP contribution in [0.2, 0.25) is 0 Å². The third-order valence-corrected chi connectivity index (χ3v) is 4.74. The molecule has 1 atom stereocenters. The second-order valence-corrected chi connectivity index (χ2v) is 5.60. The molecule has 0 bridgehead atoms. The molecule has 0 radical (unpaired) electrons. The van der Waals surface area contributed by atoms with Crippen molar-refractivity contribution in [3.05, 3.63) is 24.0 Å². The summed E-state index contributed by atoms with van der Waals surface area (Å²) in [4.78, 5) is 4.40. The SMILES string of the molecule is COc1cccnc1CNC1CCC12CCOCC2. The molecule has 1 saturated carbocycles. The van der Waals surface area contributed by atoms with Crippen molar-refractivity contribution in [3.8, 4) is 5.75 Å². The van der Waals surface area contributed by atoms with Crippen LogP contribution in [0.3, 0.4) is 0 Å². The first-order chi connectivity index (χ1) is 9.34. The highest BCUT2D eigenvalue weighted by atomic mass is 16.5. The second-order valence-electron chi connectivity index (χ2n) is 5.60. The predicted octanol–water partition coefficient (Wildman–Crippen LogP) is 2.14. The normalized spacial score (nSPS) is 25.0. The standard InChI is InChI=1S/C15H22N2O2/c1-18-13-3-2-8-16-12(13)11-17-14-4-5-15(14)6-9-19-10-7-15/h2-3,8,14,17H,4-7,9-11H2,1H3. The highest BCUT2D eigenvalue weighted by Gasteiger charge is 2.46. The van der Waals surface area contributed by atoms with E-state index in [1.165, 1.54) is 25.7 Å². The zero-order chi connectivity index (χ0) is 13.1. The number of nitrogens with one attached hydrogen (secondary N) is 1. The fraction of sp³-hybridized carbons (Fsp3) is 0.667. The molecule has 3 rings (SSSR count). The molecule has 1 aliphatic carbocycles. The average Bonchev–Trinajstić information content (AvgIpc) is 2.47. The number of ether oxygens (including phenoxy) is 2. The lowest BCUT2D eigenvalue weighted by atomic mass is 9.60. The van der Waals surface area contributed by atoms with Crippen LogP contribution in [0.25, 0.3) is 0 Å². The van der Waals surface area contributed by atoms with E-state index in [1.807, 2.05) is 18.3 Å². The molecule has 1 aliphatic heterocycles. The Hall–Kier alpha value is -1.13. The van der Waals surface area contributed by atoms with E-state index in [2.05, 4.69) is 10.3 Å². The fourth-order valence-corrected chi connectivity index (χ4v) is 3.35. The number of rotatable bonds is 4. The summed E-state index contributed by atoms with van der Waals surface area (Å²) in [5, 5.41) is 3.67. The molecule has 1 spiro atoms. The van der Waals surface area contributed by atoms with Gasteiger partial charge >= 0.3 is 0 Å². The quantitative estimate of drug-likeness (QED) is 0.903. The summed E-state index contributed by atoms with van der Waals surface area (Å²) in [6.07, 6.45) is 6.83. The number of nitrogens with zero attached hydrogens (tertiary/aromatic N) is 1. The van der Waals surface area contributed by atoms with Gasteiger partial charge in [-0.15, -0.1) is 0 Å². The van der Waals surface area contributed by atoms with E-state index in [0.29, 0.717) is 11.5 Å². The third-order valence-electron chi connectivity index (χ3n) is 4.74. The number of aromatic nitrogens is 1. The van der Waals surface area contributed by atoms with Gasteiger partial charge in [0.1, 0.15) is 5.75 Å². The van der Waals surface area contributed by atoms with Crippen molar-refractivity contribution in [3.63, 3.8) is 0 Å². The minimum absolute atomic E-state index is 0.486. The largest absolute Gasteiger partial charge is 0.495 e. The highest BCUT2D eigenvalue weighted by molar-refractivity contribution is 5.26. The van der Waals surface area contributed by atoms with Gasteiger partial charge in [-0.05, 0) is 43.2 Å². The van der Waals surface area contributed by atoms with Gasteiger partial charge in [0.25, 0.3) is 0 Å². The second kappa shape index (κ2) is 5.47. The highest BCUT2D eigenvalue weighted by Crippen LogP contribution is 2.48. The van der Waals surface area contributed by atoms with Crippen molar-refractivity contribution in [2.24, 2.45) is 5.41 Å². The molecular formula is C15H22N2O2. The van der Waals surface area contributed by atoms with E-state index in [1.54, 1.807) is 7.11 Å². The number of hydrogen-bond donors (Lipinski definition) is 1. The summed E-state index contributed by atoms with van der Waals surface area (Å²) in [6.45, 7) is 2.63. The molecule has 2 aliphatic rings. The van der Waals surface area contributed by atoms with Crippen LogP contribution in [0.15, 0.2) is 18.3 Å². The van der Waals surface area contributed by atoms with E-state index >= 15 is 0 Å². The lowest BCUT2D eigenvalue weighted by Crippen LogP contribution is -2.55. The number of methoxy groups -OCH3 is 1. The third kappa shape index (κ3) is 2.47. The monoisotopic (exact) mass is 262 g/mol. The van der Waals surface area contributed by atoms with Gasteiger partial charge in [-0.1, -0.05) is 0 Å². The van der Waals surface area contributed by atoms with Gasteiger partial charge in [0.2, 0.25) is 0 Å². The smallest absolute Gasteiger partial charge is 0.141 e. The molecule has 2 heterocycles. The summed E-state index contributed by atoms with van der Waals surface area (Å²) in [5.41, 5.74) is 1.49. The first-order valence-corrected chi connectivity index (χ1v) is 7.13. The van der Waals surface area contributed by atoms with Crippen LogP contribution >= 0.6 is 0 Å². The predicted molar refractivity (Wildman–Crippen MR) is 73.1 cm³/mol. The molecule has 1 aromatic rings. The average molecular weight is 262 g/mol. The minimum atomic E-state index is 0.486. The Morgan fingerprint density at radius 2 is 2.26 bits per heavy atom. The lowest BCUT2D eigenvalue weighted by molar-refractivity contribution is -0.0553. The Morgan fingerprint density at radius 1 is 1.42 bits per heavy atom. The minimum Gasteiger partial charge on any atom is -0.495 e. The van der Waals surface area contributed by atoms with Crippen molar-refractivity contribution in [2.75, 3.05) is 20.3 Å². The van der Waals surface area contributed by atoms with Crippen molar-refractivity contribution < 1.29 is 9.47 Å². The molecule has 4 nitrogen and oxygen atoms in total. The zero-order valence-electron chi connectivity index (χ0n) is 11.5. The van der Waals surface area contributed by atoms with Crippen LogP contribution in [-0.2, 0) is 11.3 Å². The topological polar surface area (TPSA) is 43.4 Å². The van der Waals surface area contributed by atoms with Crippen molar-refractivity contribution in [1.29, 1.82) is 0 Å². The van der Waals surface area contributed by atoms with E-state index in [4.69, 9.17) is 9.47 Å². The molecule has 1 aromatic heterocycles. The van der Waals surface area contributed by atoms with Gasteiger partial charge < -0.3 is 14.8 Å². The molecule has 104 valence electrons. The maximum absolute atomic E-state index is 5.49. The molecule has 1 N–H and O–H groups in total. The van der Waals surface area contributed by atoms with Gasteiger partial charge in [0, 0.05) is 32.0 Å². The lowest BCUT2D eigenvalue weighted by Gasteiger charge is -2.52. The van der Waals surface area contributed by atoms with Gasteiger partial charge in [-0.3, -0.25) is 4.98 Å². The molecule has 2 fully saturated rings. The molecule has 1 saturated heterocycles. The Kier molecular flexibility index (Phi) is 3.71. The Balaban J connectivity index is 1.60. The Morgan fingerprint density at radius 3 is 2.95 bits per heavy atom. The van der Waals surface area contributed by atoms with E-state index in [-0.39, 0.29) is 0 Å². The maximum Gasteiger partial charge on any atom is 0.141 e. The fourth-order valence-electron chi connectivity index (χ4n) is 3.35. The van der Waals surface area contributed by atoms with Gasteiger partial charge in [0.05, 0.1) is 12.8 Å². The van der Waals surface area contributed by atoms with E-state index in [9.17, 15) is 0 Å². The van der Waals surface area contributed by atoms with E-state index in [0.717, 1.165) is 31.2 Å². The molecule has 0 aromatic carbocycles. The van der Waals surface area contributed by atoms with Gasteiger partial charge in [0.15, 0.2) is 0 Å². The van der Waals surface area contributed by atoms with Gasteiger partial charge in [-0.25, -0.2) is 0 Å². The summed E-state index contributed by atoms with van der Waals surface area (Å²) in [5.74, 6) is 0.871. The summed E-state index contributed by atoms with van der Waals surface area (Å²) >= 11 is 0. The Bertz CT molecular complexity index is 430. The molecular weight excluding hydrogens is 240 g/mol. The van der Waals surface area contributed by atoms with Crippen molar-refractivity contribution in [2.45, 2.75) is 38.3 Å². The molecule has 19 heavy (non-hydrogen) atoms. The summed E-state index contributed by atoms with van der Waals surface area (Å²) in [6, 6.07) is 4.49. The van der Waals surface area contributed by atoms with Crippen LogP contribution in [0.5, 0.6) is 5.75 Å². The van der Waals surface area contributed by atoms with Crippen LogP contribution in [0.1, 0.15) is 31.4 Å². The first-order valence-electron chi connectivity index (χ1n) is 7.13. The maximum atomic E-state index is 5.49. The van der Waals surface area contributed by atoms with Crippen LogP contribution in [0, 0.1) is 5.41 Å². The van der Waals surface area contributed by atoms with Crippen LogP contribution in [0.4, 0.5) is 0 Å². The number of hydrogen-bond acceptors (Lipinski definition) is 4. The van der Waals surface area contributed by atoms with E-state index < -0.39 is 0 Å². The first kappa shape index (κ1) is 12.9. The molecule has 4 heteroatoms. The zero-order valence-corrected chi connectivity index (χ0v) is 11.5. The molecule has 0 amide bonds. The number of pyridine rings is 1.